The average Bonchev–Trinajstić information content (AvgIpc) is 3.17. The van der Waals surface area contributed by atoms with Gasteiger partial charge in [-0.15, -0.1) is 11.3 Å². The van der Waals surface area contributed by atoms with Gasteiger partial charge in [-0.25, -0.2) is 0 Å². The Bertz CT molecular complexity index is 708. The van der Waals surface area contributed by atoms with Gasteiger partial charge < -0.3 is 9.84 Å². The van der Waals surface area contributed by atoms with Crippen LogP contribution in [0.4, 0.5) is 0 Å². The van der Waals surface area contributed by atoms with E-state index >= 15 is 0 Å². The van der Waals surface area contributed by atoms with E-state index in [0.717, 1.165) is 10.4 Å². The number of nitrogens with one attached hydrogen (secondary N) is 1. The number of nitrogens with zero attached hydrogens (tertiary/aromatic N) is 2. The Hall–Kier alpha value is -2.47. The van der Waals surface area contributed by atoms with E-state index in [4.69, 9.17) is 4.52 Å². The zero-order chi connectivity index (χ0) is 14.5. The molecule has 0 aliphatic carbocycles. The Kier molecular flexibility index (Phi) is 4.07. The highest BCUT2D eigenvalue weighted by Crippen LogP contribution is 2.25. The molecule has 0 saturated carbocycles. The van der Waals surface area contributed by atoms with E-state index in [9.17, 15) is 4.79 Å². The summed E-state index contributed by atoms with van der Waals surface area (Å²) in [5.74, 6) is 0.611. The normalized spacial score (nSPS) is 10.5. The molecule has 1 N–H and O–H groups in total. The zero-order valence-corrected chi connectivity index (χ0v) is 12.0. The number of rotatable bonds is 5. The van der Waals surface area contributed by atoms with Gasteiger partial charge in [0.2, 0.25) is 5.91 Å². The van der Waals surface area contributed by atoms with Crippen LogP contribution in [-0.2, 0) is 17.8 Å². The quantitative estimate of drug-likeness (QED) is 0.786. The van der Waals surface area contributed by atoms with E-state index in [2.05, 4.69) is 15.5 Å². The first-order valence-corrected chi connectivity index (χ1v) is 7.34. The van der Waals surface area contributed by atoms with Gasteiger partial charge in [0, 0.05) is 25.0 Å². The number of pyridine rings is 1. The van der Waals surface area contributed by atoms with E-state index in [1.165, 1.54) is 0 Å². The van der Waals surface area contributed by atoms with Gasteiger partial charge in [0.1, 0.15) is 0 Å². The Morgan fingerprint density at radius 2 is 2.14 bits per heavy atom. The lowest BCUT2D eigenvalue weighted by molar-refractivity contribution is -0.120. The summed E-state index contributed by atoms with van der Waals surface area (Å²) < 4.78 is 5.24. The van der Waals surface area contributed by atoms with Crippen LogP contribution < -0.4 is 5.32 Å². The molecule has 0 radical (unpaired) electrons. The Balaban J connectivity index is 1.55. The highest BCUT2D eigenvalue weighted by molar-refractivity contribution is 7.13. The molecule has 0 aromatic carbocycles. The fraction of sp³-hybridized carbons (Fsp3) is 0.133. The third-order valence-electron chi connectivity index (χ3n) is 2.90. The van der Waals surface area contributed by atoms with E-state index in [1.807, 2.05) is 29.6 Å². The van der Waals surface area contributed by atoms with Crippen molar-refractivity contribution in [2.45, 2.75) is 13.0 Å². The van der Waals surface area contributed by atoms with Crippen molar-refractivity contribution >= 4 is 17.2 Å². The zero-order valence-electron chi connectivity index (χ0n) is 11.2. The third kappa shape index (κ3) is 3.55. The molecule has 106 valence electrons. The summed E-state index contributed by atoms with van der Waals surface area (Å²) in [6, 6.07) is 9.44. The lowest BCUT2D eigenvalue weighted by atomic mass is 10.2. The SMILES string of the molecule is O=C(Cc1cc(-c2cccs2)on1)NCc1ccncc1. The van der Waals surface area contributed by atoms with Crippen molar-refractivity contribution in [1.82, 2.24) is 15.5 Å². The van der Waals surface area contributed by atoms with Crippen LogP contribution in [0, 0.1) is 0 Å². The van der Waals surface area contributed by atoms with Crippen molar-refractivity contribution in [1.29, 1.82) is 0 Å². The first kappa shape index (κ1) is 13.5. The molecule has 0 unspecified atom stereocenters. The standard InChI is InChI=1S/C15H13N3O2S/c19-15(17-10-11-3-5-16-6-4-11)9-12-8-13(20-18-12)14-2-1-7-21-14/h1-8H,9-10H2,(H,17,19). The molecule has 21 heavy (non-hydrogen) atoms. The summed E-state index contributed by atoms with van der Waals surface area (Å²) in [4.78, 5) is 16.8. The van der Waals surface area contributed by atoms with Crippen LogP contribution in [0.25, 0.3) is 10.6 Å². The summed E-state index contributed by atoms with van der Waals surface area (Å²) >= 11 is 1.58. The van der Waals surface area contributed by atoms with Gasteiger partial charge in [-0.3, -0.25) is 9.78 Å². The molecule has 3 rings (SSSR count). The molecule has 5 nitrogen and oxygen atoms in total. The topological polar surface area (TPSA) is 68.0 Å². The maximum atomic E-state index is 11.9. The van der Waals surface area contributed by atoms with E-state index in [0.29, 0.717) is 18.0 Å². The van der Waals surface area contributed by atoms with Crippen LogP contribution in [0.15, 0.2) is 52.6 Å². The van der Waals surface area contributed by atoms with Crippen LogP contribution in [0.3, 0.4) is 0 Å². The van der Waals surface area contributed by atoms with Gasteiger partial charge in [-0.1, -0.05) is 11.2 Å². The first-order valence-electron chi connectivity index (χ1n) is 6.46. The molecule has 0 aliphatic heterocycles. The monoisotopic (exact) mass is 299 g/mol. The maximum absolute atomic E-state index is 11.9. The number of thiophene rings is 1. The predicted molar refractivity (Wildman–Crippen MR) is 79.6 cm³/mol. The molecule has 0 aliphatic rings. The number of hydrogen-bond donors (Lipinski definition) is 1. The largest absolute Gasteiger partial charge is 0.355 e. The molecule has 0 spiro atoms. The van der Waals surface area contributed by atoms with Gasteiger partial charge in [0.15, 0.2) is 5.76 Å². The van der Waals surface area contributed by atoms with Crippen molar-refractivity contribution in [2.24, 2.45) is 0 Å². The highest BCUT2D eigenvalue weighted by atomic mass is 32.1. The van der Waals surface area contributed by atoms with Gasteiger partial charge >= 0.3 is 0 Å². The van der Waals surface area contributed by atoms with Gasteiger partial charge in [0.05, 0.1) is 17.0 Å². The minimum atomic E-state index is -0.0853. The second-order valence-corrected chi connectivity index (χ2v) is 5.42. The van der Waals surface area contributed by atoms with Crippen molar-refractivity contribution in [3.63, 3.8) is 0 Å². The van der Waals surface area contributed by atoms with Crippen LogP contribution >= 0.6 is 11.3 Å². The van der Waals surface area contributed by atoms with Crippen LogP contribution in [0.2, 0.25) is 0 Å². The predicted octanol–water partition coefficient (Wildman–Crippen LogP) is 2.66. The molecule has 3 aromatic rings. The Morgan fingerprint density at radius 1 is 1.29 bits per heavy atom. The van der Waals surface area contributed by atoms with E-state index in [1.54, 1.807) is 29.8 Å². The molecular formula is C15H13N3O2S. The second kappa shape index (κ2) is 6.32. The Labute approximate surface area is 125 Å². The second-order valence-electron chi connectivity index (χ2n) is 4.47. The molecule has 1 amide bonds. The van der Waals surface area contributed by atoms with Crippen LogP contribution in [0.1, 0.15) is 11.3 Å². The van der Waals surface area contributed by atoms with Crippen molar-refractivity contribution < 1.29 is 9.32 Å². The molecular weight excluding hydrogens is 286 g/mol. The molecule has 3 heterocycles. The fourth-order valence-electron chi connectivity index (χ4n) is 1.86. The minimum Gasteiger partial charge on any atom is -0.355 e. The molecule has 0 fully saturated rings. The summed E-state index contributed by atoms with van der Waals surface area (Å²) in [7, 11) is 0. The summed E-state index contributed by atoms with van der Waals surface area (Å²) in [6.45, 7) is 0.483. The van der Waals surface area contributed by atoms with Crippen molar-refractivity contribution in [3.8, 4) is 10.6 Å². The van der Waals surface area contributed by atoms with Crippen LogP contribution in [-0.4, -0.2) is 16.0 Å². The summed E-state index contributed by atoms with van der Waals surface area (Å²) in [5.41, 5.74) is 1.64. The summed E-state index contributed by atoms with van der Waals surface area (Å²) in [5, 5.41) is 8.74. The molecule has 3 aromatic heterocycles. The lowest BCUT2D eigenvalue weighted by Crippen LogP contribution is -2.24. The van der Waals surface area contributed by atoms with Gasteiger partial charge in [0.25, 0.3) is 0 Å². The van der Waals surface area contributed by atoms with E-state index in [-0.39, 0.29) is 12.3 Å². The molecule has 0 saturated heterocycles. The number of amides is 1. The first-order chi connectivity index (χ1) is 10.3. The maximum Gasteiger partial charge on any atom is 0.226 e. The minimum absolute atomic E-state index is 0.0853. The van der Waals surface area contributed by atoms with Gasteiger partial charge in [-0.2, -0.15) is 0 Å². The molecule has 6 heteroatoms. The van der Waals surface area contributed by atoms with Crippen molar-refractivity contribution in [2.75, 3.05) is 0 Å². The number of hydrogen-bond acceptors (Lipinski definition) is 5. The van der Waals surface area contributed by atoms with Crippen LogP contribution in [0.5, 0.6) is 0 Å². The third-order valence-corrected chi connectivity index (χ3v) is 3.79. The fourth-order valence-corrected chi connectivity index (χ4v) is 2.53. The highest BCUT2D eigenvalue weighted by Gasteiger charge is 2.11. The summed E-state index contributed by atoms with van der Waals surface area (Å²) in [6.07, 6.45) is 3.61. The number of aromatic nitrogens is 2. The lowest BCUT2D eigenvalue weighted by Gasteiger charge is -2.03. The number of carbonyl (C=O) groups is 1. The number of carbonyl (C=O) groups excluding carboxylic acids is 1. The average molecular weight is 299 g/mol. The molecule has 0 atom stereocenters. The van der Waals surface area contributed by atoms with Gasteiger partial charge in [-0.05, 0) is 29.1 Å². The van der Waals surface area contributed by atoms with Crippen molar-refractivity contribution in [3.05, 3.63) is 59.4 Å². The van der Waals surface area contributed by atoms with E-state index < -0.39 is 0 Å². The Morgan fingerprint density at radius 3 is 2.90 bits per heavy atom. The smallest absolute Gasteiger partial charge is 0.226 e. The molecule has 0 bridgehead atoms.